The number of carbonyl (C=O) groups is 2. The number of nitrogens with zero attached hydrogens (tertiary/aromatic N) is 4. The van der Waals surface area contributed by atoms with Crippen molar-refractivity contribution in [2.75, 3.05) is 13.7 Å². The van der Waals surface area contributed by atoms with Gasteiger partial charge in [0.25, 0.3) is 0 Å². The number of fused-ring (bicyclic) bond motifs is 4. The van der Waals surface area contributed by atoms with Crippen molar-refractivity contribution in [3.05, 3.63) is 53.3 Å². The fourth-order valence-corrected chi connectivity index (χ4v) is 3.87. The predicted molar refractivity (Wildman–Crippen MR) is 91.8 cm³/mol. The number of amides is 2. The molecule has 1 N–H and O–H groups in total. The van der Waals surface area contributed by atoms with Gasteiger partial charge in [0.15, 0.2) is 6.04 Å². The number of aromatic nitrogens is 2. The van der Waals surface area contributed by atoms with E-state index in [9.17, 15) is 18.0 Å². The molecule has 2 atom stereocenters. The minimum absolute atomic E-state index is 0.0157. The van der Waals surface area contributed by atoms with Gasteiger partial charge in [-0.05, 0) is 5.56 Å². The van der Waals surface area contributed by atoms with E-state index < -0.39 is 34.5 Å². The Morgan fingerprint density at radius 1 is 1.32 bits per heavy atom. The fourth-order valence-electron chi connectivity index (χ4n) is 3.49. The third kappa shape index (κ3) is 3.10. The molecule has 2 aliphatic heterocycles. The molecule has 0 spiro atoms. The topological polar surface area (TPSA) is 131 Å². The van der Waals surface area contributed by atoms with Gasteiger partial charge >= 0.3 is 22.4 Å². The van der Waals surface area contributed by atoms with Crippen LogP contribution in [0, 0.1) is 0 Å². The van der Waals surface area contributed by atoms with Gasteiger partial charge in [-0.25, -0.2) is 9.59 Å². The lowest BCUT2D eigenvalue weighted by Crippen LogP contribution is -2.39. The third-order valence-electron chi connectivity index (χ3n) is 4.62. The molecule has 12 heteroatoms. The molecule has 148 valence electrons. The van der Waals surface area contributed by atoms with Crippen LogP contribution in [-0.2, 0) is 30.8 Å². The molecule has 4 rings (SSSR count). The predicted octanol–water partition coefficient (Wildman–Crippen LogP) is 0.672. The van der Waals surface area contributed by atoms with Gasteiger partial charge in [0, 0.05) is 11.8 Å². The summed E-state index contributed by atoms with van der Waals surface area (Å²) in [6.45, 7) is 0.389. The van der Waals surface area contributed by atoms with E-state index in [1.807, 2.05) is 30.3 Å². The smallest absolute Gasteiger partial charge is 0.418 e. The van der Waals surface area contributed by atoms with Crippen molar-refractivity contribution in [2.45, 2.75) is 18.6 Å². The van der Waals surface area contributed by atoms with Crippen molar-refractivity contribution in [2.24, 2.45) is 0 Å². The number of hydrogen-bond donors (Lipinski definition) is 1. The molecule has 0 unspecified atom stereocenters. The van der Waals surface area contributed by atoms with Crippen LogP contribution < -0.4 is 0 Å². The van der Waals surface area contributed by atoms with Gasteiger partial charge < -0.3 is 9.64 Å². The molecule has 2 bridgehead atoms. The standard InChI is InChI=1S/C16H16N4O7S/c1-26-15(21)14-13-11(8-18(17-13)7-10-5-3-2-4-6-10)12-9-19(14)16(22)20(12)27-28(23,24)25/h2-6,8,12,14H,7,9H2,1H3,(H,23,24,25)/t12-,14+/m1/s1. The molecular weight excluding hydrogens is 392 g/mol. The summed E-state index contributed by atoms with van der Waals surface area (Å²) in [6, 6.07) is 6.58. The van der Waals surface area contributed by atoms with Crippen molar-refractivity contribution >= 4 is 22.4 Å². The van der Waals surface area contributed by atoms with E-state index in [0.29, 0.717) is 17.2 Å². The van der Waals surface area contributed by atoms with Crippen molar-refractivity contribution < 1.29 is 31.6 Å². The van der Waals surface area contributed by atoms with Gasteiger partial charge in [-0.3, -0.25) is 9.23 Å². The zero-order valence-electron chi connectivity index (χ0n) is 14.6. The number of benzene rings is 1. The maximum absolute atomic E-state index is 12.5. The number of methoxy groups -OCH3 is 1. The second kappa shape index (κ2) is 6.58. The lowest BCUT2D eigenvalue weighted by molar-refractivity contribution is -0.146. The Morgan fingerprint density at radius 2 is 2.04 bits per heavy atom. The number of ether oxygens (including phenoxy) is 1. The largest absolute Gasteiger partial charge is 0.467 e. The Morgan fingerprint density at radius 3 is 2.68 bits per heavy atom. The highest BCUT2D eigenvalue weighted by Gasteiger charge is 2.54. The van der Waals surface area contributed by atoms with Gasteiger partial charge in [0.2, 0.25) is 0 Å². The molecule has 1 aromatic carbocycles. The summed E-state index contributed by atoms with van der Waals surface area (Å²) < 4.78 is 42.2. The summed E-state index contributed by atoms with van der Waals surface area (Å²) >= 11 is 0. The van der Waals surface area contributed by atoms with E-state index in [2.05, 4.69) is 9.38 Å². The van der Waals surface area contributed by atoms with E-state index >= 15 is 0 Å². The Balaban J connectivity index is 1.75. The lowest BCUT2D eigenvalue weighted by Gasteiger charge is -2.27. The van der Waals surface area contributed by atoms with Crippen molar-refractivity contribution in [1.29, 1.82) is 0 Å². The van der Waals surface area contributed by atoms with Crippen LogP contribution in [0.2, 0.25) is 0 Å². The van der Waals surface area contributed by atoms with Crippen molar-refractivity contribution in [3.8, 4) is 0 Å². The monoisotopic (exact) mass is 408 g/mol. The van der Waals surface area contributed by atoms with E-state index in [1.165, 1.54) is 7.11 Å². The lowest BCUT2D eigenvalue weighted by atomic mass is 9.98. The minimum Gasteiger partial charge on any atom is -0.467 e. The zero-order valence-corrected chi connectivity index (χ0v) is 15.4. The second-order valence-electron chi connectivity index (χ2n) is 6.36. The highest BCUT2D eigenvalue weighted by molar-refractivity contribution is 7.80. The molecule has 28 heavy (non-hydrogen) atoms. The number of urea groups is 1. The Labute approximate surface area is 160 Å². The SMILES string of the molecule is COC(=O)[C@@H]1c2nn(Cc3ccccc3)cc2[C@H]2CN1C(=O)N2OS(=O)(=O)O. The van der Waals surface area contributed by atoms with Crippen LogP contribution in [0.3, 0.4) is 0 Å². The average Bonchev–Trinajstić information content (AvgIpc) is 3.17. The molecule has 11 nitrogen and oxygen atoms in total. The summed E-state index contributed by atoms with van der Waals surface area (Å²) in [4.78, 5) is 26.0. The summed E-state index contributed by atoms with van der Waals surface area (Å²) in [5, 5.41) is 4.96. The van der Waals surface area contributed by atoms with Gasteiger partial charge in [-0.2, -0.15) is 18.6 Å². The van der Waals surface area contributed by atoms with E-state index in [-0.39, 0.29) is 12.2 Å². The van der Waals surface area contributed by atoms with E-state index in [4.69, 9.17) is 9.29 Å². The molecule has 2 aliphatic rings. The van der Waals surface area contributed by atoms with Crippen LogP contribution in [0.15, 0.2) is 36.5 Å². The van der Waals surface area contributed by atoms with Gasteiger partial charge in [0.1, 0.15) is 11.7 Å². The summed E-state index contributed by atoms with van der Waals surface area (Å²) in [5.41, 5.74) is 1.68. The number of carbonyl (C=O) groups excluding carboxylic acids is 2. The Bertz CT molecular complexity index is 1040. The quantitative estimate of drug-likeness (QED) is 0.564. The fraction of sp³-hybridized carbons (Fsp3) is 0.312. The summed E-state index contributed by atoms with van der Waals surface area (Å²) in [5.74, 6) is -0.716. The van der Waals surface area contributed by atoms with E-state index in [1.54, 1.807) is 10.9 Å². The van der Waals surface area contributed by atoms with Crippen LogP contribution in [0.1, 0.15) is 28.9 Å². The number of esters is 1. The second-order valence-corrected chi connectivity index (χ2v) is 7.36. The molecule has 1 aromatic heterocycles. The maximum Gasteiger partial charge on any atom is 0.418 e. The van der Waals surface area contributed by atoms with Crippen molar-refractivity contribution in [3.63, 3.8) is 0 Å². The highest BCUT2D eigenvalue weighted by atomic mass is 32.3. The first-order valence-corrected chi connectivity index (χ1v) is 9.61. The molecule has 0 radical (unpaired) electrons. The average molecular weight is 408 g/mol. The summed E-state index contributed by atoms with van der Waals surface area (Å²) in [7, 11) is -3.75. The highest BCUT2D eigenvalue weighted by Crippen LogP contribution is 2.44. The Hall–Kier alpha value is -2.96. The third-order valence-corrected chi connectivity index (χ3v) is 4.97. The van der Waals surface area contributed by atoms with Crippen LogP contribution >= 0.6 is 0 Å². The van der Waals surface area contributed by atoms with Crippen LogP contribution in [0.4, 0.5) is 4.79 Å². The first kappa shape index (κ1) is 18.4. The van der Waals surface area contributed by atoms with Gasteiger partial charge in [0.05, 0.1) is 20.2 Å². The molecule has 1 fully saturated rings. The molecule has 0 saturated carbocycles. The number of hydroxylamine groups is 2. The zero-order chi connectivity index (χ0) is 20.1. The van der Waals surface area contributed by atoms with E-state index in [0.717, 1.165) is 10.5 Å². The Kier molecular flexibility index (Phi) is 4.33. The molecule has 0 aliphatic carbocycles. The van der Waals surface area contributed by atoms with Crippen molar-refractivity contribution in [1.82, 2.24) is 19.7 Å². The molecular formula is C16H16N4O7S. The van der Waals surface area contributed by atoms with Gasteiger partial charge in [-0.1, -0.05) is 30.3 Å². The summed E-state index contributed by atoms with van der Waals surface area (Å²) in [6.07, 6.45) is 1.62. The number of hydrogen-bond acceptors (Lipinski definition) is 7. The maximum atomic E-state index is 12.5. The van der Waals surface area contributed by atoms with Crippen LogP contribution in [0.5, 0.6) is 0 Å². The molecule has 2 amide bonds. The molecule has 1 saturated heterocycles. The molecule has 3 heterocycles. The van der Waals surface area contributed by atoms with Crippen LogP contribution in [-0.4, -0.2) is 58.4 Å². The normalized spacial score (nSPS) is 21.0. The van der Waals surface area contributed by atoms with Gasteiger partial charge in [-0.15, -0.1) is 4.28 Å². The number of rotatable bonds is 5. The first-order chi connectivity index (χ1) is 13.3. The van der Waals surface area contributed by atoms with Crippen LogP contribution in [0.25, 0.3) is 0 Å². The molecule has 2 aromatic rings. The first-order valence-electron chi connectivity index (χ1n) is 8.24. The minimum atomic E-state index is -4.93.